The highest BCUT2D eigenvalue weighted by molar-refractivity contribution is 6.33. The van der Waals surface area contributed by atoms with Gasteiger partial charge in [0.1, 0.15) is 0 Å². The van der Waals surface area contributed by atoms with Gasteiger partial charge in [0.05, 0.1) is 23.7 Å². The highest BCUT2D eigenvalue weighted by atomic mass is 35.5. The van der Waals surface area contributed by atoms with E-state index in [0.29, 0.717) is 36.2 Å². The summed E-state index contributed by atoms with van der Waals surface area (Å²) in [5, 5.41) is 9.63. The number of rotatable bonds is 3. The first-order valence-corrected chi connectivity index (χ1v) is 6.60. The van der Waals surface area contributed by atoms with Gasteiger partial charge in [0.15, 0.2) is 11.5 Å². The Labute approximate surface area is 117 Å². The fourth-order valence-corrected chi connectivity index (χ4v) is 2.21. The molecule has 0 unspecified atom stereocenters. The average Bonchev–Trinajstić information content (AvgIpc) is 2.58. The van der Waals surface area contributed by atoms with E-state index in [1.165, 1.54) is 0 Å². The van der Waals surface area contributed by atoms with Crippen LogP contribution < -0.4 is 9.47 Å². The molecular formula is C14H17ClO4. The number of carbonyl (C=O) groups is 1. The number of benzene rings is 1. The lowest BCUT2D eigenvalue weighted by Gasteiger charge is -2.21. The topological polar surface area (TPSA) is 55.8 Å². The van der Waals surface area contributed by atoms with Crippen LogP contribution in [0.15, 0.2) is 12.1 Å². The van der Waals surface area contributed by atoms with Crippen LogP contribution in [0.4, 0.5) is 0 Å². The number of hydrogen-bond acceptors (Lipinski definition) is 3. The van der Waals surface area contributed by atoms with Gasteiger partial charge in [-0.1, -0.05) is 17.7 Å². The van der Waals surface area contributed by atoms with Gasteiger partial charge in [0.25, 0.3) is 0 Å². The summed E-state index contributed by atoms with van der Waals surface area (Å²) >= 11 is 6.31. The average molecular weight is 285 g/mol. The molecule has 104 valence electrons. The van der Waals surface area contributed by atoms with Gasteiger partial charge in [-0.05, 0) is 31.9 Å². The van der Waals surface area contributed by atoms with E-state index in [1.807, 2.05) is 0 Å². The number of aliphatic carboxylic acids is 1. The van der Waals surface area contributed by atoms with Crippen LogP contribution in [-0.4, -0.2) is 24.3 Å². The van der Waals surface area contributed by atoms with Gasteiger partial charge in [0, 0.05) is 6.42 Å². The monoisotopic (exact) mass is 284 g/mol. The van der Waals surface area contributed by atoms with Gasteiger partial charge >= 0.3 is 5.97 Å². The number of halogens is 1. The molecule has 0 saturated heterocycles. The molecule has 0 aliphatic carbocycles. The number of fused-ring (bicyclic) bond motifs is 1. The van der Waals surface area contributed by atoms with Crippen molar-refractivity contribution in [3.63, 3.8) is 0 Å². The van der Waals surface area contributed by atoms with Crippen LogP contribution in [0.3, 0.4) is 0 Å². The molecular weight excluding hydrogens is 268 g/mol. The lowest BCUT2D eigenvalue weighted by Crippen LogP contribution is -2.26. The van der Waals surface area contributed by atoms with Crippen LogP contribution in [0.1, 0.15) is 25.8 Å². The second-order valence-corrected chi connectivity index (χ2v) is 5.66. The van der Waals surface area contributed by atoms with E-state index < -0.39 is 11.4 Å². The number of hydrogen-bond donors (Lipinski definition) is 1. The molecule has 0 atom stereocenters. The molecule has 1 aromatic carbocycles. The molecule has 2 rings (SSSR count). The molecule has 0 aromatic heterocycles. The van der Waals surface area contributed by atoms with Gasteiger partial charge in [-0.2, -0.15) is 0 Å². The van der Waals surface area contributed by atoms with Gasteiger partial charge in [-0.3, -0.25) is 4.79 Å². The summed E-state index contributed by atoms with van der Waals surface area (Å²) in [5.74, 6) is 0.299. The summed E-state index contributed by atoms with van der Waals surface area (Å²) in [6.45, 7) is 4.51. The van der Waals surface area contributed by atoms with Crippen molar-refractivity contribution in [2.75, 3.05) is 13.2 Å². The van der Waals surface area contributed by atoms with E-state index in [-0.39, 0.29) is 0 Å². The first-order chi connectivity index (χ1) is 8.92. The van der Waals surface area contributed by atoms with E-state index >= 15 is 0 Å². The molecule has 0 fully saturated rings. The molecule has 0 spiro atoms. The maximum absolute atomic E-state index is 11.2. The van der Waals surface area contributed by atoms with Crippen LogP contribution in [0.25, 0.3) is 0 Å². The normalized spacial score (nSPS) is 14.9. The predicted molar refractivity (Wildman–Crippen MR) is 72.2 cm³/mol. The molecule has 19 heavy (non-hydrogen) atoms. The van der Waals surface area contributed by atoms with Crippen molar-refractivity contribution in [2.24, 2.45) is 5.41 Å². The Bertz CT molecular complexity index is 496. The van der Waals surface area contributed by atoms with E-state index in [1.54, 1.807) is 26.0 Å². The van der Waals surface area contributed by atoms with Crippen LogP contribution >= 0.6 is 11.6 Å². The first kappa shape index (κ1) is 14.0. The summed E-state index contributed by atoms with van der Waals surface area (Å²) in [6, 6.07) is 3.60. The van der Waals surface area contributed by atoms with Crippen LogP contribution in [0, 0.1) is 5.41 Å². The standard InChI is InChI=1S/C14H17ClO4/c1-14(2,13(16)17)8-9-4-5-10-12(11(9)15)19-7-3-6-18-10/h4-5H,3,6-8H2,1-2H3,(H,16,17). The lowest BCUT2D eigenvalue weighted by molar-refractivity contribution is -0.146. The number of carboxylic acids is 1. The Balaban J connectivity index is 2.33. The number of ether oxygens (including phenoxy) is 2. The molecule has 1 aliphatic heterocycles. The lowest BCUT2D eigenvalue weighted by atomic mass is 9.86. The van der Waals surface area contributed by atoms with Gasteiger partial charge in [-0.25, -0.2) is 0 Å². The van der Waals surface area contributed by atoms with Gasteiger partial charge in [0.2, 0.25) is 0 Å². The maximum atomic E-state index is 11.2. The van der Waals surface area contributed by atoms with Gasteiger partial charge < -0.3 is 14.6 Å². The second kappa shape index (κ2) is 5.29. The maximum Gasteiger partial charge on any atom is 0.309 e. The largest absolute Gasteiger partial charge is 0.490 e. The smallest absolute Gasteiger partial charge is 0.309 e. The van der Waals surface area contributed by atoms with E-state index in [2.05, 4.69) is 0 Å². The summed E-state index contributed by atoms with van der Waals surface area (Å²) in [7, 11) is 0. The zero-order chi connectivity index (χ0) is 14.0. The molecule has 1 aliphatic rings. The molecule has 0 saturated carbocycles. The third kappa shape index (κ3) is 2.95. The zero-order valence-corrected chi connectivity index (χ0v) is 11.8. The van der Waals surface area contributed by atoms with Crippen molar-refractivity contribution in [3.05, 3.63) is 22.7 Å². The van der Waals surface area contributed by atoms with Crippen molar-refractivity contribution >= 4 is 17.6 Å². The molecule has 1 aromatic rings. The Kier molecular flexibility index (Phi) is 3.90. The summed E-state index contributed by atoms with van der Waals surface area (Å²) < 4.78 is 11.1. The van der Waals surface area contributed by atoms with E-state index in [4.69, 9.17) is 21.1 Å². The minimum atomic E-state index is -0.872. The molecule has 5 heteroatoms. The zero-order valence-electron chi connectivity index (χ0n) is 11.0. The Morgan fingerprint density at radius 2 is 2.05 bits per heavy atom. The minimum Gasteiger partial charge on any atom is -0.490 e. The highest BCUT2D eigenvalue weighted by Gasteiger charge is 2.29. The van der Waals surface area contributed by atoms with Crippen molar-refractivity contribution in [3.8, 4) is 11.5 Å². The highest BCUT2D eigenvalue weighted by Crippen LogP contribution is 2.40. The fraction of sp³-hybridized carbons (Fsp3) is 0.500. The molecule has 4 nitrogen and oxygen atoms in total. The van der Waals surface area contributed by atoms with Crippen molar-refractivity contribution in [1.82, 2.24) is 0 Å². The summed E-state index contributed by atoms with van der Waals surface area (Å²) in [4.78, 5) is 11.2. The van der Waals surface area contributed by atoms with Crippen molar-refractivity contribution in [2.45, 2.75) is 26.7 Å². The van der Waals surface area contributed by atoms with E-state index in [9.17, 15) is 9.90 Å². The molecule has 0 bridgehead atoms. The molecule has 1 heterocycles. The van der Waals surface area contributed by atoms with Crippen LogP contribution in [0.2, 0.25) is 5.02 Å². The third-order valence-electron chi connectivity index (χ3n) is 3.14. The Morgan fingerprint density at radius 3 is 2.74 bits per heavy atom. The molecule has 0 radical (unpaired) electrons. The predicted octanol–water partition coefficient (Wildman–Crippen LogP) is 3.15. The quantitative estimate of drug-likeness (QED) is 0.926. The first-order valence-electron chi connectivity index (χ1n) is 6.22. The minimum absolute atomic E-state index is 0.345. The summed E-state index contributed by atoms with van der Waals surface area (Å²) in [6.07, 6.45) is 1.15. The third-order valence-corrected chi connectivity index (χ3v) is 3.56. The van der Waals surface area contributed by atoms with E-state index in [0.717, 1.165) is 12.0 Å². The van der Waals surface area contributed by atoms with Gasteiger partial charge in [-0.15, -0.1) is 0 Å². The SMILES string of the molecule is CC(C)(Cc1ccc2c(c1Cl)OCCCO2)C(=O)O. The Morgan fingerprint density at radius 1 is 1.37 bits per heavy atom. The molecule has 1 N–H and O–H groups in total. The summed E-state index contributed by atoms with van der Waals surface area (Å²) in [5.41, 5.74) is -0.109. The fourth-order valence-electron chi connectivity index (χ4n) is 1.93. The van der Waals surface area contributed by atoms with Crippen molar-refractivity contribution in [1.29, 1.82) is 0 Å². The number of carboxylic acid groups (broad SMARTS) is 1. The van der Waals surface area contributed by atoms with Crippen LogP contribution in [-0.2, 0) is 11.2 Å². The Hall–Kier alpha value is -1.42. The molecule has 0 amide bonds. The van der Waals surface area contributed by atoms with Crippen molar-refractivity contribution < 1.29 is 19.4 Å². The van der Waals surface area contributed by atoms with Crippen LogP contribution in [0.5, 0.6) is 11.5 Å². The second-order valence-electron chi connectivity index (χ2n) is 5.28.